The molecule has 0 saturated heterocycles. The Morgan fingerprint density at radius 1 is 0.950 bits per heavy atom. The average molecular weight is 282 g/mol. The predicted octanol–water partition coefficient (Wildman–Crippen LogP) is 5.15. The Morgan fingerprint density at radius 2 is 1.60 bits per heavy atom. The summed E-state index contributed by atoms with van der Waals surface area (Å²) < 4.78 is 11.6. The maximum absolute atomic E-state index is 5.85. The van der Waals surface area contributed by atoms with E-state index in [1.54, 1.807) is 7.11 Å². The van der Waals surface area contributed by atoms with Crippen molar-refractivity contribution in [3.63, 3.8) is 0 Å². The van der Waals surface area contributed by atoms with Gasteiger partial charge in [0.1, 0.15) is 11.5 Å². The number of hydrogen-bond donors (Lipinski definition) is 0. The van der Waals surface area contributed by atoms with Crippen LogP contribution in [0.2, 0.25) is 0 Å². The van der Waals surface area contributed by atoms with Crippen LogP contribution in [0, 0.1) is 11.6 Å². The standard InChI is InChI=1S/C17H14O2S/c1-11-14-5-3-4-6-15(14)17(20)19-16(11)12-7-9-13(18-2)10-8-12/h3-10H,1-2H3. The monoisotopic (exact) mass is 282 g/mol. The number of methoxy groups -OCH3 is 1. The first-order chi connectivity index (χ1) is 9.70. The van der Waals surface area contributed by atoms with Gasteiger partial charge in [-0.15, -0.1) is 0 Å². The number of aryl methyl sites for hydroxylation is 1. The molecule has 1 heterocycles. The lowest BCUT2D eigenvalue weighted by molar-refractivity contribution is 0.415. The van der Waals surface area contributed by atoms with Crippen LogP contribution >= 0.6 is 12.2 Å². The Bertz CT molecular complexity index is 817. The van der Waals surface area contributed by atoms with Gasteiger partial charge in [-0.2, -0.15) is 0 Å². The fourth-order valence-electron chi connectivity index (χ4n) is 2.35. The third-order valence-electron chi connectivity index (χ3n) is 3.44. The van der Waals surface area contributed by atoms with E-state index in [1.165, 1.54) is 0 Å². The van der Waals surface area contributed by atoms with Crippen LogP contribution in [-0.2, 0) is 0 Å². The zero-order valence-electron chi connectivity index (χ0n) is 11.3. The van der Waals surface area contributed by atoms with E-state index in [1.807, 2.05) is 42.5 Å². The van der Waals surface area contributed by atoms with Crippen LogP contribution in [-0.4, -0.2) is 7.11 Å². The highest BCUT2D eigenvalue weighted by atomic mass is 32.1. The van der Waals surface area contributed by atoms with E-state index in [2.05, 4.69) is 13.0 Å². The van der Waals surface area contributed by atoms with Gasteiger partial charge in [0.15, 0.2) is 4.71 Å². The Kier molecular flexibility index (Phi) is 3.28. The van der Waals surface area contributed by atoms with E-state index in [0.29, 0.717) is 4.71 Å². The molecule has 0 spiro atoms. The van der Waals surface area contributed by atoms with Crippen LogP contribution in [0.1, 0.15) is 5.56 Å². The van der Waals surface area contributed by atoms with Gasteiger partial charge in [0, 0.05) is 16.5 Å². The molecule has 100 valence electrons. The minimum atomic E-state index is 0.525. The molecule has 0 unspecified atom stereocenters. The van der Waals surface area contributed by atoms with Crippen LogP contribution in [0.15, 0.2) is 52.9 Å². The molecular weight excluding hydrogens is 268 g/mol. The lowest BCUT2D eigenvalue weighted by atomic mass is 10.0. The number of benzene rings is 2. The molecule has 0 saturated carbocycles. The zero-order chi connectivity index (χ0) is 14.1. The van der Waals surface area contributed by atoms with E-state index in [9.17, 15) is 0 Å². The third-order valence-corrected chi connectivity index (χ3v) is 3.74. The summed E-state index contributed by atoms with van der Waals surface area (Å²) in [5, 5.41) is 2.12. The lowest BCUT2D eigenvalue weighted by Gasteiger charge is -2.09. The quantitative estimate of drug-likeness (QED) is 0.607. The van der Waals surface area contributed by atoms with Crippen LogP contribution in [0.5, 0.6) is 5.75 Å². The highest BCUT2D eigenvalue weighted by Crippen LogP contribution is 2.31. The van der Waals surface area contributed by atoms with Gasteiger partial charge in [0.05, 0.1) is 7.11 Å². The summed E-state index contributed by atoms with van der Waals surface area (Å²) in [7, 11) is 1.65. The van der Waals surface area contributed by atoms with Crippen molar-refractivity contribution in [2.75, 3.05) is 7.11 Å². The molecule has 0 bridgehead atoms. The molecule has 3 rings (SSSR count). The van der Waals surface area contributed by atoms with Gasteiger partial charge in [0.2, 0.25) is 0 Å². The van der Waals surface area contributed by atoms with Gasteiger partial charge in [0.25, 0.3) is 0 Å². The molecule has 0 aliphatic rings. The fourth-order valence-corrected chi connectivity index (χ4v) is 2.61. The Balaban J connectivity index is 2.25. The minimum absolute atomic E-state index is 0.525. The Morgan fingerprint density at radius 3 is 2.25 bits per heavy atom. The number of hydrogen-bond acceptors (Lipinski definition) is 3. The van der Waals surface area contributed by atoms with Crippen LogP contribution < -0.4 is 4.74 Å². The normalized spacial score (nSPS) is 10.7. The maximum Gasteiger partial charge on any atom is 0.198 e. The topological polar surface area (TPSA) is 22.4 Å². The van der Waals surface area contributed by atoms with E-state index < -0.39 is 0 Å². The largest absolute Gasteiger partial charge is 0.497 e. The van der Waals surface area contributed by atoms with Crippen molar-refractivity contribution in [3.8, 4) is 17.1 Å². The fraction of sp³-hybridized carbons (Fsp3) is 0.118. The highest BCUT2D eigenvalue weighted by molar-refractivity contribution is 7.71. The smallest absolute Gasteiger partial charge is 0.198 e. The molecule has 2 nitrogen and oxygen atoms in total. The molecule has 3 aromatic rings. The maximum atomic E-state index is 5.85. The third kappa shape index (κ3) is 2.10. The van der Waals surface area contributed by atoms with E-state index >= 15 is 0 Å². The minimum Gasteiger partial charge on any atom is -0.497 e. The molecule has 0 aliphatic carbocycles. The summed E-state index contributed by atoms with van der Waals surface area (Å²) in [5.74, 6) is 1.64. The Labute approximate surface area is 122 Å². The van der Waals surface area contributed by atoms with Crippen molar-refractivity contribution in [1.29, 1.82) is 0 Å². The first kappa shape index (κ1) is 12.9. The van der Waals surface area contributed by atoms with Gasteiger partial charge in [-0.25, -0.2) is 0 Å². The zero-order valence-corrected chi connectivity index (χ0v) is 12.2. The van der Waals surface area contributed by atoms with Crippen molar-refractivity contribution in [2.24, 2.45) is 0 Å². The first-order valence-corrected chi connectivity index (χ1v) is 6.78. The molecule has 0 radical (unpaired) electrons. The van der Waals surface area contributed by atoms with Crippen molar-refractivity contribution in [2.45, 2.75) is 6.92 Å². The summed E-state index contributed by atoms with van der Waals surface area (Å²) in [4.78, 5) is 0. The molecule has 20 heavy (non-hydrogen) atoms. The van der Waals surface area contributed by atoms with Crippen LogP contribution in [0.3, 0.4) is 0 Å². The van der Waals surface area contributed by atoms with Gasteiger partial charge in [-0.1, -0.05) is 18.2 Å². The summed E-state index contributed by atoms with van der Waals surface area (Å²) in [6.07, 6.45) is 0. The predicted molar refractivity (Wildman–Crippen MR) is 83.8 cm³/mol. The average Bonchev–Trinajstić information content (AvgIpc) is 2.51. The molecular formula is C17H14O2S. The molecule has 3 heteroatoms. The van der Waals surface area contributed by atoms with Crippen molar-refractivity contribution >= 4 is 23.0 Å². The van der Waals surface area contributed by atoms with E-state index in [-0.39, 0.29) is 0 Å². The van der Waals surface area contributed by atoms with Gasteiger partial charge >= 0.3 is 0 Å². The molecule has 0 amide bonds. The first-order valence-electron chi connectivity index (χ1n) is 6.37. The van der Waals surface area contributed by atoms with Crippen molar-refractivity contribution in [1.82, 2.24) is 0 Å². The summed E-state index contributed by atoms with van der Waals surface area (Å²) in [6.45, 7) is 2.06. The molecule has 0 N–H and O–H groups in total. The molecule has 0 aliphatic heterocycles. The van der Waals surface area contributed by atoms with Crippen molar-refractivity contribution < 1.29 is 9.15 Å². The molecule has 2 aromatic carbocycles. The SMILES string of the molecule is COc1ccc(-c2oc(=S)c3ccccc3c2C)cc1. The van der Waals surface area contributed by atoms with E-state index in [0.717, 1.165) is 33.4 Å². The van der Waals surface area contributed by atoms with E-state index in [4.69, 9.17) is 21.4 Å². The van der Waals surface area contributed by atoms with Gasteiger partial charge < -0.3 is 9.15 Å². The molecule has 0 fully saturated rings. The van der Waals surface area contributed by atoms with Gasteiger partial charge in [-0.3, -0.25) is 0 Å². The number of rotatable bonds is 2. The van der Waals surface area contributed by atoms with Gasteiger partial charge in [-0.05, 0) is 54.9 Å². The summed E-state index contributed by atoms with van der Waals surface area (Å²) in [6, 6.07) is 15.9. The second-order valence-electron chi connectivity index (χ2n) is 4.62. The summed E-state index contributed by atoms with van der Waals surface area (Å²) >= 11 is 5.36. The van der Waals surface area contributed by atoms with Crippen molar-refractivity contribution in [3.05, 3.63) is 58.8 Å². The molecule has 0 atom stereocenters. The second-order valence-corrected chi connectivity index (χ2v) is 4.99. The van der Waals surface area contributed by atoms with Crippen LogP contribution in [0.4, 0.5) is 0 Å². The lowest BCUT2D eigenvalue weighted by Crippen LogP contribution is -1.88. The van der Waals surface area contributed by atoms with Crippen LogP contribution in [0.25, 0.3) is 22.1 Å². The number of ether oxygens (including phenoxy) is 1. The number of fused-ring (bicyclic) bond motifs is 1. The second kappa shape index (κ2) is 5.10. The Hall–Kier alpha value is -2.13. The summed E-state index contributed by atoms with van der Waals surface area (Å²) in [5.41, 5.74) is 2.10. The highest BCUT2D eigenvalue weighted by Gasteiger charge is 2.10. The molecule has 1 aromatic heterocycles.